The third kappa shape index (κ3) is 1.99. The van der Waals surface area contributed by atoms with Gasteiger partial charge in [-0.2, -0.15) is 4.98 Å². The third-order valence-electron chi connectivity index (χ3n) is 3.06. The van der Waals surface area contributed by atoms with Crippen LogP contribution in [0.2, 0.25) is 0 Å². The molecule has 2 N–H and O–H groups in total. The fourth-order valence-electron chi connectivity index (χ4n) is 2.07. The molecule has 3 rings (SSSR count). The summed E-state index contributed by atoms with van der Waals surface area (Å²) < 4.78 is 1.76. The van der Waals surface area contributed by atoms with Gasteiger partial charge in [-0.25, -0.2) is 4.52 Å². The lowest BCUT2D eigenvalue weighted by Gasteiger charge is -2.12. The van der Waals surface area contributed by atoms with Crippen molar-refractivity contribution >= 4 is 17.3 Å². The number of hydrogen-bond acceptors (Lipinski definition) is 4. The maximum absolute atomic E-state index is 5.65. The smallest absolute Gasteiger partial charge is 0.240 e. The van der Waals surface area contributed by atoms with Crippen molar-refractivity contribution < 1.29 is 0 Å². The largest absolute Gasteiger partial charge is 0.378 e. The molecule has 0 saturated carbocycles. The zero-order valence-corrected chi connectivity index (χ0v) is 10.9. The number of hydrogen-bond donors (Lipinski definition) is 1. The van der Waals surface area contributed by atoms with E-state index in [1.165, 1.54) is 0 Å². The molecule has 2 heterocycles. The second-order valence-electron chi connectivity index (χ2n) is 4.59. The summed E-state index contributed by atoms with van der Waals surface area (Å²) in [5.41, 5.74) is 9.63. The van der Waals surface area contributed by atoms with Gasteiger partial charge >= 0.3 is 0 Å². The van der Waals surface area contributed by atoms with Gasteiger partial charge in [0.2, 0.25) is 5.95 Å². The summed E-state index contributed by atoms with van der Waals surface area (Å²) in [6.07, 6.45) is 0. The van der Waals surface area contributed by atoms with Crippen LogP contribution in [0.1, 0.15) is 0 Å². The fourth-order valence-corrected chi connectivity index (χ4v) is 2.07. The van der Waals surface area contributed by atoms with E-state index in [1.807, 2.05) is 32.3 Å². The van der Waals surface area contributed by atoms with Crippen LogP contribution in [-0.2, 0) is 0 Å². The van der Waals surface area contributed by atoms with E-state index in [-0.39, 0.29) is 5.95 Å². The molecule has 0 atom stereocenters. The van der Waals surface area contributed by atoms with Crippen LogP contribution in [0.4, 0.5) is 11.6 Å². The van der Waals surface area contributed by atoms with E-state index in [2.05, 4.69) is 39.2 Å². The van der Waals surface area contributed by atoms with Crippen molar-refractivity contribution in [1.29, 1.82) is 0 Å². The molecule has 0 aliphatic heterocycles. The predicted molar refractivity (Wildman–Crippen MR) is 77.2 cm³/mol. The van der Waals surface area contributed by atoms with Crippen molar-refractivity contribution in [1.82, 2.24) is 14.6 Å². The molecule has 0 radical (unpaired) electrons. The number of fused-ring (bicyclic) bond motifs is 1. The Kier molecular flexibility index (Phi) is 2.59. The van der Waals surface area contributed by atoms with Gasteiger partial charge in [-0.3, -0.25) is 0 Å². The normalized spacial score (nSPS) is 10.8. The van der Waals surface area contributed by atoms with Gasteiger partial charge in [0, 0.05) is 25.3 Å². The summed E-state index contributed by atoms with van der Waals surface area (Å²) >= 11 is 0. The van der Waals surface area contributed by atoms with Gasteiger partial charge in [-0.05, 0) is 24.3 Å². The number of pyridine rings is 1. The second-order valence-corrected chi connectivity index (χ2v) is 4.59. The van der Waals surface area contributed by atoms with E-state index in [1.54, 1.807) is 4.52 Å². The molecule has 0 saturated heterocycles. The van der Waals surface area contributed by atoms with Crippen LogP contribution in [0.25, 0.3) is 16.9 Å². The topological polar surface area (TPSA) is 59.5 Å². The summed E-state index contributed by atoms with van der Waals surface area (Å²) in [5, 5.41) is 4.22. The first-order chi connectivity index (χ1) is 9.15. The lowest BCUT2D eigenvalue weighted by atomic mass is 10.1. The molecule has 0 aliphatic rings. The van der Waals surface area contributed by atoms with Crippen LogP contribution in [-0.4, -0.2) is 28.7 Å². The monoisotopic (exact) mass is 253 g/mol. The van der Waals surface area contributed by atoms with E-state index in [0.29, 0.717) is 0 Å². The minimum atomic E-state index is 0.289. The first-order valence-corrected chi connectivity index (χ1v) is 6.04. The molecule has 5 nitrogen and oxygen atoms in total. The highest BCUT2D eigenvalue weighted by molar-refractivity contribution is 5.66. The molecule has 1 aromatic carbocycles. The summed E-state index contributed by atoms with van der Waals surface area (Å²) in [6.45, 7) is 0. The SMILES string of the molecule is CN(C)c1ccc(-c2cccc3nc(N)nn23)cc1. The van der Waals surface area contributed by atoms with Gasteiger partial charge in [0.05, 0.1) is 5.69 Å². The Morgan fingerprint density at radius 3 is 2.47 bits per heavy atom. The second kappa shape index (κ2) is 4.28. The van der Waals surface area contributed by atoms with Crippen LogP contribution in [0.5, 0.6) is 0 Å². The van der Waals surface area contributed by atoms with Crippen molar-refractivity contribution in [3.63, 3.8) is 0 Å². The minimum absolute atomic E-state index is 0.289. The molecule has 0 amide bonds. The van der Waals surface area contributed by atoms with Crippen LogP contribution in [0, 0.1) is 0 Å². The Morgan fingerprint density at radius 2 is 1.79 bits per heavy atom. The standard InChI is InChI=1S/C14H15N5/c1-18(2)11-8-6-10(7-9-11)12-4-3-5-13-16-14(15)17-19(12)13/h3-9H,1-2H3,(H2,15,17). The lowest BCUT2D eigenvalue weighted by molar-refractivity contribution is 0.976. The molecule has 0 aliphatic carbocycles. The zero-order valence-electron chi connectivity index (χ0n) is 10.9. The van der Waals surface area contributed by atoms with E-state index >= 15 is 0 Å². The number of nitrogens with zero attached hydrogens (tertiary/aromatic N) is 4. The highest BCUT2D eigenvalue weighted by atomic mass is 15.3. The summed E-state index contributed by atoms with van der Waals surface area (Å²) in [7, 11) is 4.04. The molecule has 19 heavy (non-hydrogen) atoms. The number of nitrogen functional groups attached to an aromatic ring is 1. The lowest BCUT2D eigenvalue weighted by Crippen LogP contribution is -2.08. The minimum Gasteiger partial charge on any atom is -0.378 e. The highest BCUT2D eigenvalue weighted by Crippen LogP contribution is 2.23. The van der Waals surface area contributed by atoms with E-state index in [9.17, 15) is 0 Å². The van der Waals surface area contributed by atoms with Crippen LogP contribution in [0.3, 0.4) is 0 Å². The molecular formula is C14H15N5. The Balaban J connectivity index is 2.13. The van der Waals surface area contributed by atoms with Gasteiger partial charge in [0.15, 0.2) is 5.65 Å². The van der Waals surface area contributed by atoms with Crippen molar-refractivity contribution in [2.24, 2.45) is 0 Å². The Labute approximate surface area is 111 Å². The van der Waals surface area contributed by atoms with Gasteiger partial charge in [-0.15, -0.1) is 5.10 Å². The third-order valence-corrected chi connectivity index (χ3v) is 3.06. The van der Waals surface area contributed by atoms with Crippen molar-refractivity contribution in [3.05, 3.63) is 42.5 Å². The molecule has 3 aromatic rings. The van der Waals surface area contributed by atoms with Crippen molar-refractivity contribution in [3.8, 4) is 11.3 Å². The summed E-state index contributed by atoms with van der Waals surface area (Å²) in [6, 6.07) is 14.2. The zero-order chi connectivity index (χ0) is 13.4. The average Bonchev–Trinajstić information content (AvgIpc) is 2.78. The van der Waals surface area contributed by atoms with Crippen molar-refractivity contribution in [2.45, 2.75) is 0 Å². The quantitative estimate of drug-likeness (QED) is 0.759. The Morgan fingerprint density at radius 1 is 1.05 bits per heavy atom. The van der Waals surface area contributed by atoms with Gasteiger partial charge in [-0.1, -0.05) is 18.2 Å². The Hall–Kier alpha value is -2.56. The molecule has 0 spiro atoms. The molecule has 2 aromatic heterocycles. The molecule has 0 bridgehead atoms. The summed E-state index contributed by atoms with van der Waals surface area (Å²) in [5.74, 6) is 0.289. The maximum Gasteiger partial charge on any atom is 0.240 e. The van der Waals surface area contributed by atoms with E-state index in [0.717, 1.165) is 22.6 Å². The molecule has 5 heteroatoms. The van der Waals surface area contributed by atoms with Crippen molar-refractivity contribution in [2.75, 3.05) is 24.7 Å². The molecular weight excluding hydrogens is 238 g/mol. The first-order valence-electron chi connectivity index (χ1n) is 6.04. The maximum atomic E-state index is 5.65. The molecule has 96 valence electrons. The first kappa shape index (κ1) is 11.5. The number of benzene rings is 1. The summed E-state index contributed by atoms with van der Waals surface area (Å²) in [4.78, 5) is 6.23. The fraction of sp³-hybridized carbons (Fsp3) is 0.143. The molecule has 0 fully saturated rings. The van der Waals surface area contributed by atoms with E-state index < -0.39 is 0 Å². The average molecular weight is 253 g/mol. The number of anilines is 2. The number of aromatic nitrogens is 3. The van der Waals surface area contributed by atoms with Gasteiger partial charge in [0.1, 0.15) is 0 Å². The highest BCUT2D eigenvalue weighted by Gasteiger charge is 2.07. The van der Waals surface area contributed by atoms with Gasteiger partial charge < -0.3 is 10.6 Å². The number of nitrogens with two attached hydrogens (primary N) is 1. The van der Waals surface area contributed by atoms with E-state index in [4.69, 9.17) is 5.73 Å². The van der Waals surface area contributed by atoms with Crippen LogP contribution < -0.4 is 10.6 Å². The predicted octanol–water partition coefficient (Wildman–Crippen LogP) is 2.04. The Bertz CT molecular complexity index is 712. The van der Waals surface area contributed by atoms with Gasteiger partial charge in [0.25, 0.3) is 0 Å². The van der Waals surface area contributed by atoms with Crippen LogP contribution >= 0.6 is 0 Å². The molecule has 0 unspecified atom stereocenters. The van der Waals surface area contributed by atoms with Crippen LogP contribution in [0.15, 0.2) is 42.5 Å². The number of rotatable bonds is 2.